The van der Waals surface area contributed by atoms with Gasteiger partial charge in [0.2, 0.25) is 5.91 Å². The van der Waals surface area contributed by atoms with Gasteiger partial charge >= 0.3 is 12.1 Å². The Labute approximate surface area is 232 Å². The van der Waals surface area contributed by atoms with Crippen molar-refractivity contribution in [1.29, 1.82) is 5.26 Å². The molecule has 0 radical (unpaired) electrons. The SMILES string of the molecule is CCOC(=O)C(Cc1cc2cc(C#N)ccc2o1)c1ccc(O[C@H]2C[C@@H](C(N)=O)N(C(=O)OC(C)(C)C)C2)cc1. The van der Waals surface area contributed by atoms with E-state index in [-0.39, 0.29) is 32.0 Å². The first-order chi connectivity index (χ1) is 19.0. The Bertz CT molecular complexity index is 1430. The molecule has 210 valence electrons. The van der Waals surface area contributed by atoms with Crippen LogP contribution in [-0.2, 0) is 25.5 Å². The molecule has 2 amide bonds. The third-order valence-electron chi connectivity index (χ3n) is 6.48. The summed E-state index contributed by atoms with van der Waals surface area (Å²) in [6.45, 7) is 7.38. The Kier molecular flexibility index (Phi) is 8.33. The summed E-state index contributed by atoms with van der Waals surface area (Å²) in [6.07, 6.45) is -0.583. The minimum absolute atomic E-state index is 0.148. The Morgan fingerprint density at radius 3 is 2.50 bits per heavy atom. The average Bonchev–Trinajstić information content (AvgIpc) is 3.50. The number of likely N-dealkylation sites (tertiary alicyclic amines) is 1. The molecule has 1 unspecified atom stereocenters. The molecule has 40 heavy (non-hydrogen) atoms. The predicted molar refractivity (Wildman–Crippen MR) is 145 cm³/mol. The fourth-order valence-electron chi connectivity index (χ4n) is 4.70. The summed E-state index contributed by atoms with van der Waals surface area (Å²) in [4.78, 5) is 38.8. The van der Waals surface area contributed by atoms with Crippen molar-refractivity contribution in [3.8, 4) is 11.8 Å². The number of fused-ring (bicyclic) bond motifs is 1. The minimum Gasteiger partial charge on any atom is -0.488 e. The van der Waals surface area contributed by atoms with E-state index in [1.807, 2.05) is 6.07 Å². The predicted octanol–water partition coefficient (Wildman–Crippen LogP) is 4.44. The number of amides is 2. The van der Waals surface area contributed by atoms with Gasteiger partial charge < -0.3 is 24.4 Å². The van der Waals surface area contributed by atoms with Crippen LogP contribution in [-0.4, -0.2) is 53.8 Å². The maximum atomic E-state index is 12.9. The molecular weight excluding hydrogens is 514 g/mol. The molecule has 1 aliphatic rings. The summed E-state index contributed by atoms with van der Waals surface area (Å²) in [5.74, 6) is -0.535. The van der Waals surface area contributed by atoms with Crippen LogP contribution < -0.4 is 10.5 Å². The Morgan fingerprint density at radius 1 is 1.15 bits per heavy atom. The van der Waals surface area contributed by atoms with Crippen LogP contribution in [0.5, 0.6) is 5.75 Å². The molecule has 3 atom stereocenters. The number of benzene rings is 2. The summed E-state index contributed by atoms with van der Waals surface area (Å²) < 4.78 is 22.8. The van der Waals surface area contributed by atoms with Crippen LogP contribution in [0, 0.1) is 11.3 Å². The first-order valence-corrected chi connectivity index (χ1v) is 13.1. The van der Waals surface area contributed by atoms with Gasteiger partial charge in [0, 0.05) is 18.2 Å². The summed E-state index contributed by atoms with van der Waals surface area (Å²) in [5.41, 5.74) is 6.69. The molecular formula is C30H33N3O7. The van der Waals surface area contributed by atoms with E-state index in [1.165, 1.54) is 4.90 Å². The summed E-state index contributed by atoms with van der Waals surface area (Å²) in [7, 11) is 0. The van der Waals surface area contributed by atoms with Gasteiger partial charge in [0.15, 0.2) is 0 Å². The van der Waals surface area contributed by atoms with Gasteiger partial charge in [-0.3, -0.25) is 14.5 Å². The summed E-state index contributed by atoms with van der Waals surface area (Å²) >= 11 is 0. The van der Waals surface area contributed by atoms with Gasteiger partial charge in [-0.25, -0.2) is 4.79 Å². The highest BCUT2D eigenvalue weighted by molar-refractivity contribution is 5.85. The number of furan rings is 1. The second-order valence-electron chi connectivity index (χ2n) is 10.7. The normalized spacial score (nSPS) is 17.7. The molecule has 10 heteroatoms. The van der Waals surface area contributed by atoms with Crippen molar-refractivity contribution in [1.82, 2.24) is 4.90 Å². The molecule has 0 saturated carbocycles. The zero-order valence-corrected chi connectivity index (χ0v) is 23.0. The van der Waals surface area contributed by atoms with E-state index in [0.717, 1.165) is 5.39 Å². The van der Waals surface area contributed by atoms with Crippen molar-refractivity contribution >= 4 is 28.9 Å². The van der Waals surface area contributed by atoms with Crippen LogP contribution in [0.3, 0.4) is 0 Å². The molecule has 0 aliphatic carbocycles. The van der Waals surface area contributed by atoms with Crippen molar-refractivity contribution in [3.05, 3.63) is 65.4 Å². The lowest BCUT2D eigenvalue weighted by Gasteiger charge is -2.27. The molecule has 2 N–H and O–H groups in total. The number of carbonyl (C=O) groups excluding carboxylic acids is 3. The number of hydrogen-bond donors (Lipinski definition) is 1. The third-order valence-corrected chi connectivity index (χ3v) is 6.48. The van der Waals surface area contributed by atoms with Gasteiger partial charge in [-0.15, -0.1) is 0 Å². The maximum Gasteiger partial charge on any atom is 0.411 e. The quantitative estimate of drug-likeness (QED) is 0.408. The minimum atomic E-state index is -0.833. The maximum absolute atomic E-state index is 12.9. The Balaban J connectivity index is 1.48. The van der Waals surface area contributed by atoms with E-state index in [0.29, 0.717) is 28.2 Å². The van der Waals surface area contributed by atoms with Gasteiger partial charge in [0.25, 0.3) is 0 Å². The molecule has 1 fully saturated rings. The highest BCUT2D eigenvalue weighted by Crippen LogP contribution is 2.30. The van der Waals surface area contributed by atoms with E-state index in [1.54, 1.807) is 70.2 Å². The van der Waals surface area contributed by atoms with E-state index in [9.17, 15) is 14.4 Å². The number of nitriles is 1. The molecule has 4 rings (SSSR count). The topological polar surface area (TPSA) is 145 Å². The largest absolute Gasteiger partial charge is 0.488 e. The van der Waals surface area contributed by atoms with E-state index in [4.69, 9.17) is 29.6 Å². The Morgan fingerprint density at radius 2 is 1.88 bits per heavy atom. The standard InChI is InChI=1S/C30H33N3O7/c1-5-37-28(35)24(14-22-13-20-12-18(16-31)6-11-26(20)39-22)19-7-9-21(10-8-19)38-23-15-25(27(32)34)33(17-23)29(36)40-30(2,3)4/h6-13,23-25H,5,14-15,17H2,1-4H3,(H2,32,34)/t23-,24?,25-/m0/s1. The number of nitrogens with zero attached hydrogens (tertiary/aromatic N) is 2. The van der Waals surface area contributed by atoms with Gasteiger partial charge in [-0.1, -0.05) is 12.1 Å². The zero-order chi connectivity index (χ0) is 29.0. The monoisotopic (exact) mass is 547 g/mol. The number of ether oxygens (including phenoxy) is 3. The highest BCUT2D eigenvalue weighted by Gasteiger charge is 2.41. The smallest absolute Gasteiger partial charge is 0.411 e. The highest BCUT2D eigenvalue weighted by atomic mass is 16.6. The van der Waals surface area contributed by atoms with Gasteiger partial charge in [0.05, 0.1) is 30.7 Å². The first kappa shape index (κ1) is 28.5. The number of primary amides is 1. The molecule has 2 heterocycles. The van der Waals surface area contributed by atoms with Crippen LogP contribution in [0.2, 0.25) is 0 Å². The van der Waals surface area contributed by atoms with Crippen LogP contribution in [0.1, 0.15) is 56.9 Å². The molecule has 1 saturated heterocycles. The number of esters is 1. The second kappa shape index (κ2) is 11.7. The third kappa shape index (κ3) is 6.72. The molecule has 3 aromatic rings. The van der Waals surface area contributed by atoms with Crippen LogP contribution >= 0.6 is 0 Å². The van der Waals surface area contributed by atoms with Crippen LogP contribution in [0.15, 0.2) is 52.9 Å². The molecule has 2 aromatic carbocycles. The van der Waals surface area contributed by atoms with Crippen molar-refractivity contribution < 1.29 is 33.0 Å². The Hall–Kier alpha value is -4.52. The molecule has 1 aliphatic heterocycles. The summed E-state index contributed by atoms with van der Waals surface area (Å²) in [6, 6.07) is 15.3. The lowest BCUT2D eigenvalue weighted by atomic mass is 9.94. The van der Waals surface area contributed by atoms with Crippen molar-refractivity contribution in [2.45, 2.75) is 64.2 Å². The van der Waals surface area contributed by atoms with E-state index < -0.39 is 35.7 Å². The van der Waals surface area contributed by atoms with E-state index in [2.05, 4.69) is 6.07 Å². The second-order valence-corrected chi connectivity index (χ2v) is 10.7. The van der Waals surface area contributed by atoms with Crippen molar-refractivity contribution in [2.24, 2.45) is 5.73 Å². The molecule has 1 aromatic heterocycles. The van der Waals surface area contributed by atoms with E-state index >= 15 is 0 Å². The number of hydrogen-bond acceptors (Lipinski definition) is 8. The zero-order valence-electron chi connectivity index (χ0n) is 23.0. The molecule has 10 nitrogen and oxygen atoms in total. The number of nitrogens with two attached hydrogens (primary N) is 1. The lowest BCUT2D eigenvalue weighted by Crippen LogP contribution is -2.45. The fourth-order valence-corrected chi connectivity index (χ4v) is 4.70. The first-order valence-electron chi connectivity index (χ1n) is 13.1. The van der Waals surface area contributed by atoms with Gasteiger partial charge in [0.1, 0.15) is 34.8 Å². The molecule has 0 bridgehead atoms. The van der Waals surface area contributed by atoms with Crippen molar-refractivity contribution in [3.63, 3.8) is 0 Å². The van der Waals surface area contributed by atoms with Gasteiger partial charge in [-0.2, -0.15) is 5.26 Å². The van der Waals surface area contributed by atoms with Crippen LogP contribution in [0.25, 0.3) is 11.0 Å². The van der Waals surface area contributed by atoms with Crippen LogP contribution in [0.4, 0.5) is 4.79 Å². The van der Waals surface area contributed by atoms with Crippen molar-refractivity contribution in [2.75, 3.05) is 13.2 Å². The lowest BCUT2D eigenvalue weighted by molar-refractivity contribution is -0.145. The summed E-state index contributed by atoms with van der Waals surface area (Å²) in [5, 5.41) is 9.95. The van der Waals surface area contributed by atoms with Gasteiger partial charge in [-0.05, 0) is 69.7 Å². The fraction of sp³-hybridized carbons (Fsp3) is 0.400. The number of carbonyl (C=O) groups is 3. The molecule has 0 spiro atoms. The number of rotatable bonds is 8. The average molecular weight is 548 g/mol.